The van der Waals surface area contributed by atoms with Gasteiger partial charge in [-0.2, -0.15) is 0 Å². The molecular weight excluding hydrogens is 591 g/mol. The molecule has 3 aromatic rings. The molecule has 0 bridgehead atoms. The molecular formula is C31H34Cl2N6O4. The molecule has 5 heterocycles. The lowest BCUT2D eigenvalue weighted by atomic mass is 9.53. The number of ether oxygens (including phenoxy) is 1. The van der Waals surface area contributed by atoms with Crippen molar-refractivity contribution in [1.82, 2.24) is 25.8 Å². The molecule has 5 atom stereocenters. The number of anilines is 1. The summed E-state index contributed by atoms with van der Waals surface area (Å²) in [5.74, 6) is -0.438. The van der Waals surface area contributed by atoms with Gasteiger partial charge in [-0.1, -0.05) is 43.1 Å². The van der Waals surface area contributed by atoms with Crippen molar-refractivity contribution in [2.75, 3.05) is 11.9 Å². The predicted octanol–water partition coefficient (Wildman–Crippen LogP) is 5.09. The summed E-state index contributed by atoms with van der Waals surface area (Å²) in [4.78, 5) is 33.2. The van der Waals surface area contributed by atoms with E-state index in [1.807, 2.05) is 18.2 Å². The fourth-order valence-corrected chi connectivity index (χ4v) is 8.32. The minimum Gasteiger partial charge on any atom is -0.425 e. The number of halogens is 2. The third-order valence-corrected chi connectivity index (χ3v) is 10.6. The van der Waals surface area contributed by atoms with Crippen molar-refractivity contribution in [2.24, 2.45) is 5.41 Å². The second-order valence-corrected chi connectivity index (χ2v) is 13.9. The summed E-state index contributed by atoms with van der Waals surface area (Å²) < 4.78 is 11.3. The summed E-state index contributed by atoms with van der Waals surface area (Å²) in [6, 6.07) is 8.28. The first kappa shape index (κ1) is 28.7. The number of nitrogens with zero attached hydrogens (tertiary/aromatic N) is 3. The van der Waals surface area contributed by atoms with Crippen LogP contribution < -0.4 is 16.0 Å². The Balaban J connectivity index is 1.29. The van der Waals surface area contributed by atoms with E-state index in [2.05, 4.69) is 45.0 Å². The third-order valence-electron chi connectivity index (χ3n) is 10.1. The smallest absolute Gasteiger partial charge is 0.244 e. The van der Waals surface area contributed by atoms with Crippen LogP contribution in [0.15, 0.2) is 47.3 Å². The number of fused-ring (bicyclic) bond motifs is 3. The Morgan fingerprint density at radius 1 is 1.09 bits per heavy atom. The van der Waals surface area contributed by atoms with Gasteiger partial charge in [-0.25, -0.2) is 4.98 Å². The van der Waals surface area contributed by atoms with E-state index in [-0.39, 0.29) is 29.4 Å². The average molecular weight is 626 g/mol. The van der Waals surface area contributed by atoms with E-state index in [9.17, 15) is 9.59 Å². The van der Waals surface area contributed by atoms with Gasteiger partial charge < -0.3 is 19.8 Å². The van der Waals surface area contributed by atoms with Crippen LogP contribution in [0.1, 0.15) is 81.4 Å². The lowest BCUT2D eigenvalue weighted by Crippen LogP contribution is -2.61. The largest absolute Gasteiger partial charge is 0.425 e. The highest BCUT2D eigenvalue weighted by atomic mass is 35.5. The monoisotopic (exact) mass is 624 g/mol. The minimum absolute atomic E-state index is 0.121. The van der Waals surface area contributed by atoms with Crippen LogP contribution in [0.2, 0.25) is 10.2 Å². The Morgan fingerprint density at radius 3 is 2.60 bits per heavy atom. The maximum Gasteiger partial charge on any atom is 0.244 e. The molecule has 0 unspecified atom stereocenters. The fourth-order valence-electron chi connectivity index (χ4n) is 7.97. The van der Waals surface area contributed by atoms with Gasteiger partial charge in [-0.15, -0.1) is 10.2 Å². The molecule has 2 amide bonds. The molecule has 3 fully saturated rings. The van der Waals surface area contributed by atoms with Gasteiger partial charge in [0.15, 0.2) is 0 Å². The van der Waals surface area contributed by atoms with Gasteiger partial charge in [-0.3, -0.25) is 14.9 Å². The van der Waals surface area contributed by atoms with Gasteiger partial charge in [-0.05, 0) is 79.3 Å². The van der Waals surface area contributed by atoms with E-state index in [4.69, 9.17) is 32.4 Å². The van der Waals surface area contributed by atoms with Crippen LogP contribution in [0.4, 0.5) is 5.69 Å². The SMILES string of the molecule is CC1(C)CCC2(CC1)N[C@@H](C(=O)N[C@@H]1CC[C@@H](c3nnco3)OC1)[C@H](c1ccnc(Cl)c1)[C@]21C(=O)Nc2cc(Cl)ccc21. The normalized spacial score (nSPS) is 30.7. The van der Waals surface area contributed by atoms with E-state index < -0.39 is 22.9 Å². The molecule has 4 aliphatic rings. The van der Waals surface area contributed by atoms with Crippen molar-refractivity contribution in [1.29, 1.82) is 0 Å². The fraction of sp³-hybridized carbons (Fsp3) is 0.516. The third kappa shape index (κ3) is 4.65. The highest BCUT2D eigenvalue weighted by molar-refractivity contribution is 6.31. The second-order valence-electron chi connectivity index (χ2n) is 13.1. The number of carbonyl (C=O) groups excluding carboxylic acids is 2. The van der Waals surface area contributed by atoms with Crippen molar-refractivity contribution in [2.45, 2.75) is 87.4 Å². The van der Waals surface area contributed by atoms with Crippen molar-refractivity contribution < 1.29 is 18.7 Å². The Bertz CT molecular complexity index is 1550. The molecule has 1 aromatic carbocycles. The summed E-state index contributed by atoms with van der Waals surface area (Å²) >= 11 is 12.8. The van der Waals surface area contributed by atoms with Gasteiger partial charge in [0, 0.05) is 28.4 Å². The molecule has 3 N–H and O–H groups in total. The number of hydrogen-bond donors (Lipinski definition) is 3. The summed E-state index contributed by atoms with van der Waals surface area (Å²) in [5, 5.41) is 18.8. The molecule has 2 aromatic heterocycles. The standard InChI is InChI=1S/C31H34Cl2N6O4/c1-29(2)8-10-30(11-9-29)31(20-5-3-18(32)14-21(20)37-28(31)41)24(17-7-12-34-23(33)13-17)25(38-30)26(40)36-19-4-6-22(42-15-19)27-39-35-16-43-27/h3,5,7,12-14,16,19,22,24-25,38H,4,6,8-11,15H2,1-2H3,(H,36,40)(H,37,41)/t19-,22+,24+,25-,31-/m1/s1. The lowest BCUT2D eigenvalue weighted by molar-refractivity contribution is -0.126. The molecule has 43 heavy (non-hydrogen) atoms. The number of pyridine rings is 1. The summed E-state index contributed by atoms with van der Waals surface area (Å²) in [5.41, 5.74) is 0.676. The summed E-state index contributed by atoms with van der Waals surface area (Å²) in [6.45, 7) is 4.83. The topological polar surface area (TPSA) is 131 Å². The number of carbonyl (C=O) groups is 2. The minimum atomic E-state index is -1.08. The van der Waals surface area contributed by atoms with E-state index in [0.29, 0.717) is 41.2 Å². The Morgan fingerprint density at radius 2 is 1.91 bits per heavy atom. The van der Waals surface area contributed by atoms with Gasteiger partial charge in [0.2, 0.25) is 24.1 Å². The number of amides is 2. The quantitative estimate of drug-likeness (QED) is 0.342. The molecule has 12 heteroatoms. The molecule has 10 nitrogen and oxygen atoms in total. The van der Waals surface area contributed by atoms with Crippen LogP contribution in [0.25, 0.3) is 0 Å². The number of aromatic nitrogens is 3. The molecule has 2 spiro atoms. The maximum absolute atomic E-state index is 14.6. The van der Waals surface area contributed by atoms with E-state index >= 15 is 0 Å². The van der Waals surface area contributed by atoms with Gasteiger partial charge in [0.05, 0.1) is 18.7 Å². The average Bonchev–Trinajstić information content (AvgIpc) is 3.68. The van der Waals surface area contributed by atoms with E-state index in [1.54, 1.807) is 18.3 Å². The predicted molar refractivity (Wildman–Crippen MR) is 160 cm³/mol. The van der Waals surface area contributed by atoms with Crippen LogP contribution in [0, 0.1) is 5.41 Å². The molecule has 1 aliphatic carbocycles. The zero-order chi connectivity index (χ0) is 30.0. The number of hydrogen-bond acceptors (Lipinski definition) is 8. The highest BCUT2D eigenvalue weighted by Gasteiger charge is 2.72. The molecule has 0 radical (unpaired) electrons. The Kier molecular flexibility index (Phi) is 7.04. The van der Waals surface area contributed by atoms with Crippen LogP contribution in [-0.4, -0.2) is 51.2 Å². The zero-order valence-corrected chi connectivity index (χ0v) is 25.5. The zero-order valence-electron chi connectivity index (χ0n) is 24.0. The van der Waals surface area contributed by atoms with Gasteiger partial charge >= 0.3 is 0 Å². The maximum atomic E-state index is 14.6. The molecule has 7 rings (SSSR count). The number of rotatable bonds is 4. The molecule has 1 saturated carbocycles. The van der Waals surface area contributed by atoms with Crippen LogP contribution >= 0.6 is 23.2 Å². The molecule has 226 valence electrons. The first-order valence-electron chi connectivity index (χ1n) is 14.8. The lowest BCUT2D eigenvalue weighted by Gasteiger charge is -2.50. The molecule has 2 saturated heterocycles. The van der Waals surface area contributed by atoms with Crippen LogP contribution in [0.5, 0.6) is 0 Å². The second kappa shape index (κ2) is 10.5. The first-order valence-corrected chi connectivity index (χ1v) is 15.6. The number of nitrogens with one attached hydrogen (secondary N) is 3. The number of benzene rings is 1. The van der Waals surface area contributed by atoms with E-state index in [1.165, 1.54) is 6.39 Å². The Hall–Kier alpha value is -3.05. The Labute approximate surface area is 259 Å². The van der Waals surface area contributed by atoms with Crippen molar-refractivity contribution in [3.8, 4) is 0 Å². The van der Waals surface area contributed by atoms with Gasteiger partial charge in [0.25, 0.3) is 0 Å². The van der Waals surface area contributed by atoms with Crippen molar-refractivity contribution >= 4 is 40.7 Å². The first-order chi connectivity index (χ1) is 20.6. The summed E-state index contributed by atoms with van der Waals surface area (Å²) in [6.07, 6.45) is 7.21. The highest BCUT2D eigenvalue weighted by Crippen LogP contribution is 2.63. The van der Waals surface area contributed by atoms with Crippen LogP contribution in [0.3, 0.4) is 0 Å². The van der Waals surface area contributed by atoms with Crippen molar-refractivity contribution in [3.63, 3.8) is 0 Å². The van der Waals surface area contributed by atoms with Crippen molar-refractivity contribution in [3.05, 3.63) is 70.1 Å². The van der Waals surface area contributed by atoms with Gasteiger partial charge in [0.1, 0.15) is 16.7 Å². The molecule has 3 aliphatic heterocycles. The summed E-state index contributed by atoms with van der Waals surface area (Å²) in [7, 11) is 0. The van der Waals surface area contributed by atoms with Crippen LogP contribution in [-0.2, 0) is 19.7 Å². The van der Waals surface area contributed by atoms with E-state index in [0.717, 1.165) is 36.8 Å².